The van der Waals surface area contributed by atoms with Crippen LogP contribution in [0.1, 0.15) is 87.0 Å². The Bertz CT molecular complexity index is 1170. The maximum absolute atomic E-state index is 14.3. The number of nitriles is 1. The lowest BCUT2D eigenvalue weighted by Crippen LogP contribution is -2.66. The zero-order chi connectivity index (χ0) is 26.6. The molecule has 3 saturated carbocycles. The quantitative estimate of drug-likeness (QED) is 0.475. The molecule has 0 bridgehead atoms. The number of nitrogens with zero attached hydrogens (tertiary/aromatic N) is 1. The minimum absolute atomic E-state index is 0.0227. The molecule has 0 aliphatic heterocycles. The number of hydrogen-bond donors (Lipinski definition) is 1. The molecule has 3 fully saturated rings. The number of hydrogen-bond acceptors (Lipinski definition) is 4. The maximum Gasteiger partial charge on any atom is 0.310 e. The van der Waals surface area contributed by atoms with Gasteiger partial charge in [0.1, 0.15) is 6.07 Å². The summed E-state index contributed by atoms with van der Waals surface area (Å²) in [6.45, 7) is 14.9. The summed E-state index contributed by atoms with van der Waals surface area (Å²) >= 11 is 0. The highest BCUT2D eigenvalue weighted by molar-refractivity contribution is 6.05. The lowest BCUT2D eigenvalue weighted by Gasteiger charge is -2.69. The maximum atomic E-state index is 14.3. The van der Waals surface area contributed by atoms with Crippen molar-refractivity contribution in [2.75, 3.05) is 0 Å². The van der Waals surface area contributed by atoms with E-state index in [1.807, 2.05) is 26.0 Å². The van der Waals surface area contributed by atoms with Gasteiger partial charge in [0.05, 0.1) is 11.0 Å². The first-order valence-corrected chi connectivity index (χ1v) is 13.8. The van der Waals surface area contributed by atoms with E-state index in [1.54, 1.807) is 0 Å². The highest BCUT2D eigenvalue weighted by Crippen LogP contribution is 2.74. The number of ketones is 2. The number of Topliss-reactive ketones (excluding diaryl/α,β-unsaturated/α-hetero) is 1. The van der Waals surface area contributed by atoms with Crippen molar-refractivity contribution < 1.29 is 19.5 Å². The summed E-state index contributed by atoms with van der Waals surface area (Å²) < 4.78 is 0. The van der Waals surface area contributed by atoms with Gasteiger partial charge in [-0.05, 0) is 79.1 Å². The summed E-state index contributed by atoms with van der Waals surface area (Å²) in [5.41, 5.74) is -1.55. The van der Waals surface area contributed by atoms with Gasteiger partial charge in [-0.25, -0.2) is 0 Å². The molecule has 0 heterocycles. The average molecular weight is 492 g/mol. The number of carboxylic acids is 1. The predicted molar refractivity (Wildman–Crippen MR) is 136 cm³/mol. The molecule has 9 atom stereocenters. The van der Waals surface area contributed by atoms with Gasteiger partial charge in [-0.3, -0.25) is 14.4 Å². The summed E-state index contributed by atoms with van der Waals surface area (Å²) in [5, 5.41) is 20.4. The van der Waals surface area contributed by atoms with Crippen LogP contribution < -0.4 is 0 Å². The van der Waals surface area contributed by atoms with Gasteiger partial charge >= 0.3 is 5.97 Å². The molecule has 0 radical (unpaired) electrons. The van der Waals surface area contributed by atoms with Gasteiger partial charge < -0.3 is 5.11 Å². The first-order valence-electron chi connectivity index (χ1n) is 13.8. The van der Waals surface area contributed by atoms with Crippen LogP contribution in [0.25, 0.3) is 0 Å². The van der Waals surface area contributed by atoms with Crippen LogP contribution in [0.2, 0.25) is 0 Å². The van der Waals surface area contributed by atoms with Crippen LogP contribution in [-0.2, 0) is 14.4 Å². The number of carbonyl (C=O) groups is 3. The normalized spacial score (nSPS) is 49.3. The van der Waals surface area contributed by atoms with Crippen molar-refractivity contribution in [1.29, 1.82) is 5.26 Å². The fourth-order valence-electron chi connectivity index (χ4n) is 10.3. The van der Waals surface area contributed by atoms with Crippen molar-refractivity contribution in [3.63, 3.8) is 0 Å². The van der Waals surface area contributed by atoms with Crippen molar-refractivity contribution in [1.82, 2.24) is 0 Å². The number of carbonyl (C=O) groups excluding carboxylic acids is 2. The van der Waals surface area contributed by atoms with Crippen molar-refractivity contribution in [2.24, 2.45) is 56.7 Å². The van der Waals surface area contributed by atoms with E-state index in [9.17, 15) is 24.8 Å². The molecular weight excluding hydrogens is 450 g/mol. The van der Waals surface area contributed by atoms with Gasteiger partial charge in [0.2, 0.25) is 0 Å². The van der Waals surface area contributed by atoms with Crippen LogP contribution in [-0.4, -0.2) is 22.6 Å². The second-order valence-electron chi connectivity index (χ2n) is 14.2. The van der Waals surface area contributed by atoms with Gasteiger partial charge in [-0.15, -0.1) is 0 Å². The van der Waals surface area contributed by atoms with Gasteiger partial charge in [0.15, 0.2) is 11.6 Å². The first kappa shape index (κ1) is 25.4. The Morgan fingerprint density at radius 2 is 1.69 bits per heavy atom. The van der Waals surface area contributed by atoms with E-state index >= 15 is 0 Å². The van der Waals surface area contributed by atoms with Gasteiger partial charge in [-0.2, -0.15) is 5.26 Å². The molecule has 0 aromatic heterocycles. The van der Waals surface area contributed by atoms with Gasteiger partial charge in [-0.1, -0.05) is 60.1 Å². The van der Waals surface area contributed by atoms with Gasteiger partial charge in [0, 0.05) is 16.7 Å². The molecular formula is C31H41NO4. The molecule has 0 spiro atoms. The lowest BCUT2D eigenvalue weighted by atomic mass is 9.33. The van der Waals surface area contributed by atoms with Crippen LogP contribution in [0.5, 0.6) is 0 Å². The molecule has 0 aromatic rings. The summed E-state index contributed by atoms with van der Waals surface area (Å²) in [5.74, 6) is -0.675. The molecule has 1 N–H and O–H groups in total. The number of carboxylic acid groups (broad SMARTS) is 1. The summed E-state index contributed by atoms with van der Waals surface area (Å²) in [4.78, 5) is 40.3. The van der Waals surface area contributed by atoms with Crippen molar-refractivity contribution in [3.05, 3.63) is 23.3 Å². The second-order valence-corrected chi connectivity index (χ2v) is 14.2. The minimum Gasteiger partial charge on any atom is -0.481 e. The average Bonchev–Trinajstić information content (AvgIpc) is 2.79. The number of rotatable bonds is 1. The molecule has 0 saturated heterocycles. The van der Waals surface area contributed by atoms with Gasteiger partial charge in [0.25, 0.3) is 0 Å². The zero-order valence-corrected chi connectivity index (χ0v) is 22.9. The highest BCUT2D eigenvalue weighted by atomic mass is 16.4. The fraction of sp³-hybridized carbons (Fsp3) is 0.742. The third-order valence-electron chi connectivity index (χ3n) is 12.6. The second kappa shape index (κ2) is 7.42. The van der Waals surface area contributed by atoms with Crippen LogP contribution >= 0.6 is 0 Å². The zero-order valence-electron chi connectivity index (χ0n) is 22.9. The smallest absolute Gasteiger partial charge is 0.310 e. The topological polar surface area (TPSA) is 95.2 Å². The van der Waals surface area contributed by atoms with Crippen molar-refractivity contribution in [2.45, 2.75) is 87.0 Å². The lowest BCUT2D eigenvalue weighted by molar-refractivity contribution is -0.180. The van der Waals surface area contributed by atoms with E-state index in [4.69, 9.17) is 0 Å². The Kier molecular flexibility index (Phi) is 5.24. The summed E-state index contributed by atoms with van der Waals surface area (Å²) in [6, 6.07) is 2.14. The van der Waals surface area contributed by atoms with E-state index < -0.39 is 22.2 Å². The Balaban J connectivity index is 1.72. The monoisotopic (exact) mass is 491 g/mol. The molecule has 5 rings (SSSR count). The fourth-order valence-corrected chi connectivity index (χ4v) is 10.3. The first-order chi connectivity index (χ1) is 16.6. The van der Waals surface area contributed by atoms with E-state index in [-0.39, 0.29) is 51.6 Å². The van der Waals surface area contributed by atoms with E-state index in [2.05, 4.69) is 40.7 Å². The van der Waals surface area contributed by atoms with Crippen LogP contribution in [0.3, 0.4) is 0 Å². The van der Waals surface area contributed by atoms with Crippen LogP contribution in [0.15, 0.2) is 23.3 Å². The molecule has 36 heavy (non-hydrogen) atoms. The summed E-state index contributed by atoms with van der Waals surface area (Å²) in [7, 11) is 0. The van der Waals surface area contributed by atoms with E-state index in [0.29, 0.717) is 18.8 Å². The Labute approximate surface area is 215 Å². The van der Waals surface area contributed by atoms with Crippen LogP contribution in [0, 0.1) is 68.0 Å². The molecule has 194 valence electrons. The number of allylic oxidation sites excluding steroid dienone is 4. The third-order valence-corrected chi connectivity index (χ3v) is 12.6. The Morgan fingerprint density at radius 3 is 2.31 bits per heavy atom. The van der Waals surface area contributed by atoms with E-state index in [0.717, 1.165) is 31.3 Å². The molecule has 0 amide bonds. The molecule has 5 heteroatoms. The van der Waals surface area contributed by atoms with E-state index in [1.165, 1.54) is 0 Å². The standard InChI is InChI=1S/C31H41NO4/c1-17-8-11-31(26(35)36)13-12-29(6)20(23(31)18(17)2)14-21(33)24-28(5)15-19(16-32)25(34)27(3,4)22(28)9-10-30(24,29)7/h14-15,17-18,22-24H,8-13H2,1-7H3,(H,35,36)/t17-,18+,22?,23?,24?,28+,29-,30-,31+/m1/s1. The Hall–Kier alpha value is -2.22. The third kappa shape index (κ3) is 2.74. The minimum atomic E-state index is -0.797. The molecule has 5 nitrogen and oxygen atoms in total. The van der Waals surface area contributed by atoms with Crippen molar-refractivity contribution in [3.8, 4) is 6.07 Å². The molecule has 5 aliphatic rings. The number of fused-ring (bicyclic) bond motifs is 7. The largest absolute Gasteiger partial charge is 0.481 e. The SMILES string of the molecule is C[C@@H]1CC[C@]2(C(=O)O)CC[C@]3(C)C(=CC(=O)C4[C@@]5(C)C=C(C#N)C(=O)C(C)(C)C5CC[C@]43C)C2[C@H]1C. The van der Waals surface area contributed by atoms with Crippen LogP contribution in [0.4, 0.5) is 0 Å². The molecule has 3 unspecified atom stereocenters. The van der Waals surface area contributed by atoms with Crippen molar-refractivity contribution >= 4 is 17.5 Å². The Morgan fingerprint density at radius 1 is 1.03 bits per heavy atom. The molecule has 5 aliphatic carbocycles. The predicted octanol–water partition coefficient (Wildman–Crippen LogP) is 6.15. The number of aliphatic carboxylic acids is 1. The highest BCUT2D eigenvalue weighted by Gasteiger charge is 2.71. The molecule has 0 aromatic carbocycles. The summed E-state index contributed by atoms with van der Waals surface area (Å²) in [6.07, 6.45) is 8.28.